The first kappa shape index (κ1) is 16.1. The molecule has 4 nitrogen and oxygen atoms in total. The van der Waals surface area contributed by atoms with Crippen LogP contribution < -0.4 is 5.32 Å². The maximum absolute atomic E-state index is 12.4. The van der Waals surface area contributed by atoms with Crippen LogP contribution in [0.4, 0.5) is 10.5 Å². The van der Waals surface area contributed by atoms with Gasteiger partial charge in [0.15, 0.2) is 0 Å². The summed E-state index contributed by atoms with van der Waals surface area (Å²) in [6.07, 6.45) is 1.14. The van der Waals surface area contributed by atoms with Crippen molar-refractivity contribution in [1.82, 2.24) is 4.90 Å². The number of aliphatic hydroxyl groups excluding tert-OH is 1. The molecule has 0 spiro atoms. The predicted molar refractivity (Wildman–Crippen MR) is 94.7 cm³/mol. The number of hydrogen-bond donors (Lipinski definition) is 2. The number of carbonyl (C=O) groups excluding carboxylic acids is 1. The van der Waals surface area contributed by atoms with E-state index in [1.54, 1.807) is 4.90 Å². The molecule has 0 bridgehead atoms. The highest BCUT2D eigenvalue weighted by molar-refractivity contribution is 5.91. The largest absolute Gasteiger partial charge is 0.391 e. The van der Waals surface area contributed by atoms with Crippen LogP contribution in [0.1, 0.15) is 24.0 Å². The van der Waals surface area contributed by atoms with Crippen LogP contribution in [0.25, 0.3) is 0 Å². The van der Waals surface area contributed by atoms with Crippen LogP contribution in [0.15, 0.2) is 54.6 Å². The van der Waals surface area contributed by atoms with Gasteiger partial charge in [-0.15, -0.1) is 0 Å². The van der Waals surface area contributed by atoms with Crippen LogP contribution in [0.5, 0.6) is 0 Å². The molecule has 3 rings (SSSR count). The maximum Gasteiger partial charge on any atom is 0.321 e. The zero-order valence-electron chi connectivity index (χ0n) is 13.4. The van der Waals surface area contributed by atoms with E-state index in [2.05, 4.69) is 17.2 Å². The van der Waals surface area contributed by atoms with Gasteiger partial charge in [-0.3, -0.25) is 0 Å². The molecule has 1 saturated heterocycles. The van der Waals surface area contributed by atoms with Gasteiger partial charge < -0.3 is 15.3 Å². The number of para-hydroxylation sites is 1. The summed E-state index contributed by atoms with van der Waals surface area (Å²) in [4.78, 5) is 14.0. The minimum Gasteiger partial charge on any atom is -0.391 e. The van der Waals surface area contributed by atoms with E-state index >= 15 is 0 Å². The molecule has 0 aliphatic carbocycles. The molecule has 2 aromatic rings. The van der Waals surface area contributed by atoms with Gasteiger partial charge in [-0.2, -0.15) is 0 Å². The maximum atomic E-state index is 12.4. The summed E-state index contributed by atoms with van der Waals surface area (Å²) in [5, 5.41) is 12.6. The number of amides is 2. The second kappa shape index (κ2) is 7.67. The van der Waals surface area contributed by atoms with E-state index in [-0.39, 0.29) is 6.03 Å². The van der Waals surface area contributed by atoms with Crippen molar-refractivity contribution in [2.45, 2.75) is 18.9 Å². The van der Waals surface area contributed by atoms with E-state index < -0.39 is 6.10 Å². The topological polar surface area (TPSA) is 52.6 Å². The van der Waals surface area contributed by atoms with E-state index in [1.807, 2.05) is 54.6 Å². The zero-order valence-corrected chi connectivity index (χ0v) is 13.4. The average Bonchev–Trinajstić information content (AvgIpc) is 2.62. The first-order valence-corrected chi connectivity index (χ1v) is 8.12. The van der Waals surface area contributed by atoms with E-state index in [4.69, 9.17) is 0 Å². The lowest BCUT2D eigenvalue weighted by Crippen LogP contribution is -2.44. The Morgan fingerprint density at radius 3 is 2.62 bits per heavy atom. The Balaban J connectivity index is 1.75. The number of urea groups is 1. The number of carbonyl (C=O) groups is 1. The lowest BCUT2D eigenvalue weighted by molar-refractivity contribution is 0.0883. The molecule has 122 valence electrons. The number of hydrogen-bond acceptors (Lipinski definition) is 2. The lowest BCUT2D eigenvalue weighted by atomic mass is 10.1. The van der Waals surface area contributed by atoms with Crippen molar-refractivity contribution in [2.24, 2.45) is 0 Å². The molecule has 1 heterocycles. The molecule has 0 radical (unpaired) electrons. The second-order valence-corrected chi connectivity index (χ2v) is 5.83. The summed E-state index contributed by atoms with van der Waals surface area (Å²) in [6, 6.07) is 17.0. The molecule has 24 heavy (non-hydrogen) atoms. The van der Waals surface area contributed by atoms with Crippen molar-refractivity contribution in [3.63, 3.8) is 0 Å². The number of likely N-dealkylation sites (tertiary alicyclic amines) is 1. The molecule has 1 aliphatic heterocycles. The number of nitrogens with zero attached hydrogens (tertiary/aromatic N) is 1. The fourth-order valence-corrected chi connectivity index (χ4v) is 2.70. The van der Waals surface area contributed by atoms with Gasteiger partial charge in [0.1, 0.15) is 0 Å². The molecular formula is C20H20N2O2. The summed E-state index contributed by atoms with van der Waals surface area (Å²) in [5.41, 5.74) is 2.39. The fraction of sp³-hybridized carbons (Fsp3) is 0.250. The van der Waals surface area contributed by atoms with Gasteiger partial charge in [-0.25, -0.2) is 4.79 Å². The number of β-amino-alcohol motifs (C(OH)–C–C–N with tert-alkyl or cyclic N) is 1. The Hall–Kier alpha value is -2.77. The van der Waals surface area contributed by atoms with Gasteiger partial charge in [0.05, 0.1) is 11.8 Å². The third kappa shape index (κ3) is 4.15. The number of aliphatic hydroxyl groups is 1. The molecule has 1 aliphatic rings. The van der Waals surface area contributed by atoms with Crippen LogP contribution in [0, 0.1) is 11.8 Å². The number of benzene rings is 2. The summed E-state index contributed by atoms with van der Waals surface area (Å²) >= 11 is 0. The fourth-order valence-electron chi connectivity index (χ4n) is 2.70. The quantitative estimate of drug-likeness (QED) is 0.794. The molecule has 0 saturated carbocycles. The van der Waals surface area contributed by atoms with Gasteiger partial charge in [0.2, 0.25) is 0 Å². The number of rotatable bonds is 1. The Morgan fingerprint density at radius 1 is 1.08 bits per heavy atom. The standard InChI is InChI=1S/C20H20N2O2/c23-18-10-6-14-22(15-18)20(24)21-19-11-5-4-9-17(19)13-12-16-7-2-1-3-8-16/h1-5,7-9,11,18,23H,6,10,14-15H2,(H,21,24). The molecule has 1 atom stereocenters. The predicted octanol–water partition coefficient (Wildman–Crippen LogP) is 3.08. The van der Waals surface area contributed by atoms with Crippen molar-refractivity contribution in [1.29, 1.82) is 0 Å². The second-order valence-electron chi connectivity index (χ2n) is 5.83. The van der Waals surface area contributed by atoms with Crippen LogP contribution in [0.3, 0.4) is 0 Å². The average molecular weight is 320 g/mol. The molecular weight excluding hydrogens is 300 g/mol. The first-order chi connectivity index (χ1) is 11.7. The Kier molecular flexibility index (Phi) is 5.15. The van der Waals surface area contributed by atoms with E-state index in [1.165, 1.54) is 0 Å². The first-order valence-electron chi connectivity index (χ1n) is 8.12. The summed E-state index contributed by atoms with van der Waals surface area (Å²) in [7, 11) is 0. The van der Waals surface area contributed by atoms with Gasteiger partial charge in [-0.1, -0.05) is 42.2 Å². The summed E-state index contributed by atoms with van der Waals surface area (Å²) in [6.45, 7) is 1.05. The van der Waals surface area contributed by atoms with Gasteiger partial charge in [0.25, 0.3) is 0 Å². The highest BCUT2D eigenvalue weighted by Crippen LogP contribution is 2.17. The van der Waals surface area contributed by atoms with E-state index in [0.29, 0.717) is 18.8 Å². The van der Waals surface area contributed by atoms with Crippen molar-refractivity contribution in [3.8, 4) is 11.8 Å². The van der Waals surface area contributed by atoms with Crippen LogP contribution >= 0.6 is 0 Å². The lowest BCUT2D eigenvalue weighted by Gasteiger charge is -2.30. The van der Waals surface area contributed by atoms with Crippen molar-refractivity contribution in [2.75, 3.05) is 18.4 Å². The minimum absolute atomic E-state index is 0.192. The molecule has 2 amide bonds. The van der Waals surface area contributed by atoms with Crippen LogP contribution in [-0.4, -0.2) is 35.2 Å². The Labute approximate surface area is 142 Å². The van der Waals surface area contributed by atoms with Crippen molar-refractivity contribution < 1.29 is 9.90 Å². The molecule has 1 unspecified atom stereocenters. The van der Waals surface area contributed by atoms with Crippen molar-refractivity contribution >= 4 is 11.7 Å². The van der Waals surface area contributed by atoms with E-state index in [9.17, 15) is 9.90 Å². The third-order valence-corrected chi connectivity index (χ3v) is 3.97. The molecule has 4 heteroatoms. The van der Waals surface area contributed by atoms with Gasteiger partial charge in [0, 0.05) is 24.2 Å². The molecule has 1 fully saturated rings. The Morgan fingerprint density at radius 2 is 1.83 bits per heavy atom. The van der Waals surface area contributed by atoms with Crippen LogP contribution in [-0.2, 0) is 0 Å². The highest BCUT2D eigenvalue weighted by atomic mass is 16.3. The normalized spacial score (nSPS) is 16.9. The van der Waals surface area contributed by atoms with Crippen LogP contribution in [0.2, 0.25) is 0 Å². The SMILES string of the molecule is O=C(Nc1ccccc1C#Cc1ccccc1)N1CCCC(O)C1. The zero-order chi connectivity index (χ0) is 16.8. The summed E-state index contributed by atoms with van der Waals surface area (Å²) in [5.74, 6) is 6.22. The minimum atomic E-state index is -0.433. The number of piperidine rings is 1. The van der Waals surface area contributed by atoms with Crippen molar-refractivity contribution in [3.05, 3.63) is 65.7 Å². The molecule has 0 aromatic heterocycles. The molecule has 2 N–H and O–H groups in total. The monoisotopic (exact) mass is 320 g/mol. The third-order valence-electron chi connectivity index (χ3n) is 3.97. The number of nitrogens with one attached hydrogen (secondary N) is 1. The Bertz CT molecular complexity index is 762. The number of anilines is 1. The molecule has 2 aromatic carbocycles. The smallest absolute Gasteiger partial charge is 0.321 e. The van der Waals surface area contributed by atoms with E-state index in [0.717, 1.165) is 24.0 Å². The highest BCUT2D eigenvalue weighted by Gasteiger charge is 2.22. The summed E-state index contributed by atoms with van der Waals surface area (Å²) < 4.78 is 0. The van der Waals surface area contributed by atoms with Gasteiger partial charge in [-0.05, 0) is 37.1 Å². The van der Waals surface area contributed by atoms with Gasteiger partial charge >= 0.3 is 6.03 Å².